The summed E-state index contributed by atoms with van der Waals surface area (Å²) >= 11 is 0. The van der Waals surface area contributed by atoms with Crippen molar-refractivity contribution in [2.24, 2.45) is 0 Å². The molecule has 1 aromatic heterocycles. The monoisotopic (exact) mass is 520 g/mol. The Labute approximate surface area is 212 Å². The summed E-state index contributed by atoms with van der Waals surface area (Å²) in [5.74, 6) is 0.231. The van der Waals surface area contributed by atoms with E-state index in [1.165, 1.54) is 10.6 Å². The number of allylic oxidation sites excluding steroid dienone is 3. The van der Waals surface area contributed by atoms with Crippen molar-refractivity contribution in [2.45, 2.75) is 68.9 Å². The van der Waals surface area contributed by atoms with E-state index in [9.17, 15) is 22.2 Å². The summed E-state index contributed by atoms with van der Waals surface area (Å²) < 4.78 is 61.3. The Balaban J connectivity index is 1.58. The van der Waals surface area contributed by atoms with Gasteiger partial charge in [0.1, 0.15) is 11.5 Å². The topological polar surface area (TPSA) is 51.5 Å². The minimum Gasteiger partial charge on any atom is -0.479 e. The summed E-state index contributed by atoms with van der Waals surface area (Å²) in [7, 11) is -1.20. The largest absolute Gasteiger partial charge is 0.479 e. The van der Waals surface area contributed by atoms with Gasteiger partial charge in [-0.2, -0.15) is 13.2 Å². The first-order valence-electron chi connectivity index (χ1n) is 12.0. The van der Waals surface area contributed by atoms with Crippen molar-refractivity contribution in [1.82, 2.24) is 9.47 Å². The third-order valence-corrected chi connectivity index (χ3v) is 8.51. The average molecular weight is 521 g/mol. The van der Waals surface area contributed by atoms with Gasteiger partial charge in [-0.1, -0.05) is 6.08 Å². The molecule has 3 heterocycles. The van der Waals surface area contributed by atoms with E-state index < -0.39 is 33.0 Å². The second kappa shape index (κ2) is 9.25. The van der Waals surface area contributed by atoms with Gasteiger partial charge in [0.05, 0.1) is 22.2 Å². The Morgan fingerprint density at radius 1 is 1.00 bits per heavy atom. The van der Waals surface area contributed by atoms with Gasteiger partial charge in [-0.15, -0.1) is 0 Å². The molecular formula is C27H31F3N2O3S. The first-order chi connectivity index (χ1) is 16.8. The fraction of sp³-hybridized carbons (Fsp3) is 0.444. The number of carbonyl (C=O) groups excluding carboxylic acids is 1. The van der Waals surface area contributed by atoms with Gasteiger partial charge in [-0.05, 0) is 77.1 Å². The van der Waals surface area contributed by atoms with Gasteiger partial charge in [-0.3, -0.25) is 9.00 Å². The van der Waals surface area contributed by atoms with Gasteiger partial charge in [0.2, 0.25) is 0 Å². The number of alkyl halides is 3. The van der Waals surface area contributed by atoms with Gasteiger partial charge < -0.3 is 14.2 Å². The first kappa shape index (κ1) is 26.3. The van der Waals surface area contributed by atoms with E-state index in [0.717, 1.165) is 6.07 Å². The number of rotatable bonds is 2. The molecule has 4 rings (SSSR count). The van der Waals surface area contributed by atoms with Crippen LogP contribution in [0.15, 0.2) is 59.2 Å². The second-order valence-electron chi connectivity index (χ2n) is 10.1. The molecule has 1 amide bonds. The molecule has 0 saturated carbocycles. The van der Waals surface area contributed by atoms with Gasteiger partial charge in [0, 0.05) is 41.1 Å². The first-order valence-corrected chi connectivity index (χ1v) is 13.1. The van der Waals surface area contributed by atoms with Crippen LogP contribution in [0.1, 0.15) is 69.2 Å². The molecule has 1 aromatic carbocycles. The minimum atomic E-state index is -4.51. The van der Waals surface area contributed by atoms with Gasteiger partial charge in [0.25, 0.3) is 5.91 Å². The van der Waals surface area contributed by atoms with E-state index in [4.69, 9.17) is 4.74 Å². The van der Waals surface area contributed by atoms with E-state index >= 15 is 0 Å². The number of hydrogen-bond donors (Lipinski definition) is 0. The van der Waals surface area contributed by atoms with E-state index in [2.05, 4.69) is 0 Å². The number of piperidine rings is 1. The number of benzene rings is 1. The van der Waals surface area contributed by atoms with Crippen LogP contribution in [0.4, 0.5) is 13.2 Å². The number of nitrogens with zero attached hydrogens (tertiary/aromatic N) is 2. The molecule has 2 aromatic rings. The Hall–Kier alpha value is -2.81. The Morgan fingerprint density at radius 3 is 2.11 bits per heavy atom. The molecule has 1 atom stereocenters. The number of aromatic nitrogens is 1. The van der Waals surface area contributed by atoms with Gasteiger partial charge in [0.15, 0.2) is 5.60 Å². The van der Waals surface area contributed by atoms with Crippen molar-refractivity contribution in [3.63, 3.8) is 0 Å². The summed E-state index contributed by atoms with van der Waals surface area (Å²) in [4.78, 5) is 15.5. The van der Waals surface area contributed by atoms with Crippen LogP contribution in [0.3, 0.4) is 0 Å². The molecule has 1 saturated heterocycles. The molecule has 2 aliphatic rings. The summed E-state index contributed by atoms with van der Waals surface area (Å²) in [6, 6.07) is 9.38. The SMILES string of the molecule is CC=C1OC2(CCN(C(=O)c3ccc(S(=O)C(C)(C)C)cc3)CC2)c2ccc(C(F)(F)F)n2C1=CC. The molecule has 9 heteroatoms. The van der Waals surface area contributed by atoms with Crippen molar-refractivity contribution in [3.8, 4) is 0 Å². The van der Waals surface area contributed by atoms with Crippen molar-refractivity contribution < 1.29 is 26.9 Å². The molecule has 194 valence electrons. The molecule has 0 N–H and O–H groups in total. The van der Waals surface area contributed by atoms with Gasteiger partial charge in [-0.25, -0.2) is 0 Å². The van der Waals surface area contributed by atoms with Crippen molar-refractivity contribution in [3.05, 3.63) is 71.3 Å². The normalized spacial score (nSPS) is 20.9. The highest BCUT2D eigenvalue weighted by Gasteiger charge is 2.49. The molecule has 0 radical (unpaired) electrons. The summed E-state index contributed by atoms with van der Waals surface area (Å²) in [5.41, 5.74) is -0.393. The number of hydrogen-bond acceptors (Lipinski definition) is 3. The lowest BCUT2D eigenvalue weighted by molar-refractivity contribution is -0.143. The molecule has 0 bridgehead atoms. The predicted octanol–water partition coefficient (Wildman–Crippen LogP) is 6.34. The van der Waals surface area contributed by atoms with Crippen LogP contribution in [-0.4, -0.2) is 37.4 Å². The quantitative estimate of drug-likeness (QED) is 0.464. The third kappa shape index (κ3) is 4.53. The maximum Gasteiger partial charge on any atom is 0.431 e. The number of amides is 1. The standard InChI is InChI=1S/C27H31F3N2O3S/c1-6-20-21(7-2)35-26(22-12-13-23(32(20)22)27(28,29)30)14-16-31(17-15-26)24(33)18-8-10-19(11-9-18)36(34)25(3,4)5/h6-13H,14-17H2,1-5H3. The molecule has 1 unspecified atom stereocenters. The van der Waals surface area contributed by atoms with Crippen molar-refractivity contribution in [2.75, 3.05) is 13.1 Å². The lowest BCUT2D eigenvalue weighted by Crippen LogP contribution is -2.49. The molecular weight excluding hydrogens is 489 g/mol. The fourth-order valence-corrected chi connectivity index (χ4v) is 5.95. The van der Waals surface area contributed by atoms with Crippen LogP contribution in [0.2, 0.25) is 0 Å². The second-order valence-corrected chi connectivity index (χ2v) is 12.3. The summed E-state index contributed by atoms with van der Waals surface area (Å²) in [6.45, 7) is 9.78. The van der Waals surface area contributed by atoms with E-state index in [-0.39, 0.29) is 5.91 Å². The third-order valence-electron chi connectivity index (χ3n) is 6.70. The maximum atomic E-state index is 13.8. The van der Waals surface area contributed by atoms with E-state index in [1.54, 1.807) is 55.2 Å². The van der Waals surface area contributed by atoms with Crippen LogP contribution in [0.5, 0.6) is 0 Å². The number of ether oxygens (including phenoxy) is 1. The van der Waals surface area contributed by atoms with Crippen LogP contribution in [-0.2, 0) is 27.3 Å². The molecule has 1 fully saturated rings. The number of carbonyl (C=O) groups is 1. The van der Waals surface area contributed by atoms with E-state index in [0.29, 0.717) is 53.5 Å². The zero-order valence-electron chi connectivity index (χ0n) is 21.1. The fourth-order valence-electron chi connectivity index (χ4n) is 4.86. The zero-order valence-corrected chi connectivity index (χ0v) is 21.9. The van der Waals surface area contributed by atoms with Crippen LogP contribution >= 0.6 is 0 Å². The highest BCUT2D eigenvalue weighted by Crippen LogP contribution is 2.48. The highest BCUT2D eigenvalue weighted by molar-refractivity contribution is 7.86. The van der Waals surface area contributed by atoms with Crippen molar-refractivity contribution in [1.29, 1.82) is 0 Å². The Bertz CT molecular complexity index is 1240. The minimum absolute atomic E-state index is 0.166. The van der Waals surface area contributed by atoms with Crippen LogP contribution < -0.4 is 0 Å². The van der Waals surface area contributed by atoms with Crippen LogP contribution in [0.25, 0.3) is 5.70 Å². The molecule has 5 nitrogen and oxygen atoms in total. The van der Waals surface area contributed by atoms with Gasteiger partial charge >= 0.3 is 6.18 Å². The predicted molar refractivity (Wildman–Crippen MR) is 134 cm³/mol. The lowest BCUT2D eigenvalue weighted by Gasteiger charge is -2.46. The van der Waals surface area contributed by atoms with E-state index in [1.807, 2.05) is 20.8 Å². The average Bonchev–Trinajstić information content (AvgIpc) is 3.30. The smallest absolute Gasteiger partial charge is 0.431 e. The summed E-state index contributed by atoms with van der Waals surface area (Å²) in [5, 5.41) is 0. The molecule has 36 heavy (non-hydrogen) atoms. The number of halogens is 3. The molecule has 1 spiro atoms. The number of likely N-dealkylation sites (tertiary alicyclic amines) is 1. The molecule has 0 aliphatic carbocycles. The molecule has 2 aliphatic heterocycles. The summed E-state index contributed by atoms with van der Waals surface area (Å²) in [6.07, 6.45) is -0.485. The van der Waals surface area contributed by atoms with Crippen molar-refractivity contribution >= 4 is 22.4 Å². The number of fused-ring (bicyclic) bond motifs is 2. The zero-order chi connectivity index (χ0) is 26.5. The Kier molecular flexibility index (Phi) is 6.75. The lowest BCUT2D eigenvalue weighted by atomic mass is 9.86. The Morgan fingerprint density at radius 2 is 1.61 bits per heavy atom. The maximum absolute atomic E-state index is 13.8. The highest BCUT2D eigenvalue weighted by atomic mass is 32.2. The van der Waals surface area contributed by atoms with Crippen LogP contribution in [0, 0.1) is 0 Å².